The van der Waals surface area contributed by atoms with Gasteiger partial charge >= 0.3 is 0 Å². The number of hydrogen-bond donors (Lipinski definition) is 1. The number of carbonyl (C=O) groups excluding carboxylic acids is 1. The van der Waals surface area contributed by atoms with Gasteiger partial charge in [0, 0.05) is 25.5 Å². The molecule has 1 aliphatic heterocycles. The lowest BCUT2D eigenvalue weighted by atomic mass is 9.86. The largest absolute Gasteiger partial charge is 0.364 e. The van der Waals surface area contributed by atoms with Crippen molar-refractivity contribution >= 4 is 5.91 Å². The number of aromatic nitrogens is 1. The Labute approximate surface area is 124 Å². The van der Waals surface area contributed by atoms with Crippen molar-refractivity contribution in [2.24, 2.45) is 5.92 Å². The maximum absolute atomic E-state index is 11.8. The molecular formula is C15H22N2O4. The van der Waals surface area contributed by atoms with E-state index in [9.17, 15) is 4.79 Å². The third-order valence-corrected chi connectivity index (χ3v) is 4.31. The van der Waals surface area contributed by atoms with Crippen molar-refractivity contribution in [3.8, 4) is 0 Å². The van der Waals surface area contributed by atoms with Gasteiger partial charge in [-0.3, -0.25) is 4.79 Å². The van der Waals surface area contributed by atoms with Gasteiger partial charge in [-0.05, 0) is 18.8 Å². The number of rotatable bonds is 4. The molecule has 1 unspecified atom stereocenters. The van der Waals surface area contributed by atoms with Crippen molar-refractivity contribution in [2.45, 2.75) is 50.9 Å². The van der Waals surface area contributed by atoms with E-state index in [1.54, 1.807) is 6.07 Å². The quantitative estimate of drug-likeness (QED) is 0.914. The topological polar surface area (TPSA) is 73.6 Å². The van der Waals surface area contributed by atoms with E-state index in [4.69, 9.17) is 14.0 Å². The highest BCUT2D eigenvalue weighted by Gasteiger charge is 2.43. The van der Waals surface area contributed by atoms with Gasteiger partial charge in [0.05, 0.1) is 18.7 Å². The molecule has 2 aliphatic rings. The normalized spacial score (nSPS) is 32.4. The van der Waals surface area contributed by atoms with Gasteiger partial charge in [0.15, 0.2) is 5.79 Å². The predicted octanol–water partition coefficient (Wildman–Crippen LogP) is 1.66. The van der Waals surface area contributed by atoms with Crippen LogP contribution in [0.5, 0.6) is 0 Å². The van der Waals surface area contributed by atoms with Crippen molar-refractivity contribution in [1.82, 2.24) is 10.5 Å². The van der Waals surface area contributed by atoms with Crippen LogP contribution in [0.3, 0.4) is 0 Å². The molecule has 1 saturated carbocycles. The van der Waals surface area contributed by atoms with Gasteiger partial charge in [-0.15, -0.1) is 0 Å². The van der Waals surface area contributed by atoms with Crippen LogP contribution in [0.15, 0.2) is 16.9 Å². The van der Waals surface area contributed by atoms with Crippen LogP contribution in [-0.4, -0.2) is 36.1 Å². The van der Waals surface area contributed by atoms with Gasteiger partial charge in [-0.2, -0.15) is 0 Å². The zero-order valence-corrected chi connectivity index (χ0v) is 12.3. The lowest BCUT2D eigenvalue weighted by molar-refractivity contribution is -0.191. The van der Waals surface area contributed by atoms with E-state index in [2.05, 4.69) is 17.4 Å². The van der Waals surface area contributed by atoms with Gasteiger partial charge in [0.1, 0.15) is 12.4 Å². The SMILES string of the molecule is CC1CCC2(CC1)OCC(CNC(=O)Cc1ccon1)O2. The summed E-state index contributed by atoms with van der Waals surface area (Å²) in [6.45, 7) is 3.30. The summed E-state index contributed by atoms with van der Waals surface area (Å²) < 4.78 is 16.6. The first kappa shape index (κ1) is 14.5. The van der Waals surface area contributed by atoms with Gasteiger partial charge in [-0.1, -0.05) is 12.1 Å². The first-order chi connectivity index (χ1) is 10.2. The highest BCUT2D eigenvalue weighted by molar-refractivity contribution is 5.78. The summed E-state index contributed by atoms with van der Waals surface area (Å²) in [5, 5.41) is 6.59. The molecule has 2 heterocycles. The van der Waals surface area contributed by atoms with Crippen LogP contribution < -0.4 is 5.32 Å². The van der Waals surface area contributed by atoms with E-state index in [0.29, 0.717) is 18.8 Å². The molecule has 3 rings (SSSR count). The molecule has 0 radical (unpaired) electrons. The van der Waals surface area contributed by atoms with Crippen LogP contribution in [0.1, 0.15) is 38.3 Å². The van der Waals surface area contributed by atoms with Crippen molar-refractivity contribution in [1.29, 1.82) is 0 Å². The molecule has 1 N–H and O–H groups in total. The van der Waals surface area contributed by atoms with E-state index in [0.717, 1.165) is 31.6 Å². The Morgan fingerprint density at radius 2 is 2.29 bits per heavy atom. The van der Waals surface area contributed by atoms with E-state index >= 15 is 0 Å². The number of amides is 1. The van der Waals surface area contributed by atoms with Crippen LogP contribution in [0.2, 0.25) is 0 Å². The summed E-state index contributed by atoms with van der Waals surface area (Å²) in [6, 6.07) is 1.69. The summed E-state index contributed by atoms with van der Waals surface area (Å²) in [5.74, 6) is 0.281. The zero-order valence-electron chi connectivity index (χ0n) is 12.3. The molecule has 21 heavy (non-hydrogen) atoms. The third kappa shape index (κ3) is 3.63. The standard InChI is InChI=1S/C15H22N2O4/c1-11-2-5-15(6-3-11)19-10-13(21-15)9-16-14(18)8-12-4-7-20-17-12/h4,7,11,13H,2-3,5-6,8-10H2,1H3,(H,16,18). The average Bonchev–Trinajstić information content (AvgIpc) is 3.11. The molecule has 6 nitrogen and oxygen atoms in total. The predicted molar refractivity (Wildman–Crippen MR) is 74.4 cm³/mol. The number of ether oxygens (including phenoxy) is 2. The molecule has 6 heteroatoms. The van der Waals surface area contributed by atoms with E-state index in [-0.39, 0.29) is 18.4 Å². The van der Waals surface area contributed by atoms with Gasteiger partial charge in [0.25, 0.3) is 0 Å². The molecule has 0 bridgehead atoms. The Bertz CT molecular complexity index is 466. The summed E-state index contributed by atoms with van der Waals surface area (Å²) in [5.41, 5.74) is 0.633. The molecule has 1 amide bonds. The van der Waals surface area contributed by atoms with E-state index < -0.39 is 5.79 Å². The molecular weight excluding hydrogens is 272 g/mol. The van der Waals surface area contributed by atoms with Crippen LogP contribution in [-0.2, 0) is 20.7 Å². The second-order valence-electron chi connectivity index (χ2n) is 6.12. The highest BCUT2D eigenvalue weighted by Crippen LogP contribution is 2.39. The molecule has 1 atom stereocenters. The molecule has 116 valence electrons. The van der Waals surface area contributed by atoms with Crippen molar-refractivity contribution < 1.29 is 18.8 Å². The minimum Gasteiger partial charge on any atom is -0.364 e. The number of hydrogen-bond acceptors (Lipinski definition) is 5. The molecule has 1 spiro atoms. The Hall–Kier alpha value is -1.40. The molecule has 1 aliphatic carbocycles. The van der Waals surface area contributed by atoms with Crippen molar-refractivity contribution in [3.05, 3.63) is 18.0 Å². The first-order valence-electron chi connectivity index (χ1n) is 7.63. The van der Waals surface area contributed by atoms with Crippen LogP contribution in [0.4, 0.5) is 0 Å². The maximum Gasteiger partial charge on any atom is 0.226 e. The number of nitrogens with one attached hydrogen (secondary N) is 1. The van der Waals surface area contributed by atoms with Crippen LogP contribution in [0, 0.1) is 5.92 Å². The van der Waals surface area contributed by atoms with Gasteiger partial charge < -0.3 is 19.3 Å². The maximum atomic E-state index is 11.8. The second-order valence-corrected chi connectivity index (χ2v) is 6.12. The molecule has 2 fully saturated rings. The summed E-state index contributed by atoms with van der Waals surface area (Å²) in [6.07, 6.45) is 5.84. The van der Waals surface area contributed by atoms with Gasteiger partial charge in [0.2, 0.25) is 5.91 Å². The lowest BCUT2D eigenvalue weighted by Crippen LogP contribution is -2.38. The second kappa shape index (κ2) is 6.15. The number of nitrogens with zero attached hydrogens (tertiary/aromatic N) is 1. The first-order valence-corrected chi connectivity index (χ1v) is 7.63. The highest BCUT2D eigenvalue weighted by atomic mass is 16.7. The summed E-state index contributed by atoms with van der Waals surface area (Å²) in [4.78, 5) is 11.8. The fourth-order valence-corrected chi connectivity index (χ4v) is 2.96. The monoisotopic (exact) mass is 294 g/mol. The third-order valence-electron chi connectivity index (χ3n) is 4.31. The van der Waals surface area contributed by atoms with Gasteiger partial charge in [-0.25, -0.2) is 0 Å². The van der Waals surface area contributed by atoms with Crippen LogP contribution >= 0.6 is 0 Å². The molecule has 1 aromatic heterocycles. The molecule has 1 aromatic rings. The Kier molecular flexibility index (Phi) is 4.26. The minimum atomic E-state index is -0.395. The van der Waals surface area contributed by atoms with Crippen molar-refractivity contribution in [2.75, 3.05) is 13.2 Å². The molecule has 1 saturated heterocycles. The Morgan fingerprint density at radius 3 is 3.00 bits per heavy atom. The smallest absolute Gasteiger partial charge is 0.226 e. The zero-order chi connectivity index (χ0) is 14.7. The van der Waals surface area contributed by atoms with Crippen molar-refractivity contribution in [3.63, 3.8) is 0 Å². The Balaban J connectivity index is 1.42. The Morgan fingerprint density at radius 1 is 1.48 bits per heavy atom. The van der Waals surface area contributed by atoms with E-state index in [1.165, 1.54) is 6.26 Å². The fraction of sp³-hybridized carbons (Fsp3) is 0.733. The minimum absolute atomic E-state index is 0.0559. The van der Waals surface area contributed by atoms with E-state index in [1.807, 2.05) is 0 Å². The molecule has 0 aromatic carbocycles. The summed E-state index contributed by atoms with van der Waals surface area (Å²) in [7, 11) is 0. The van der Waals surface area contributed by atoms with Crippen LogP contribution in [0.25, 0.3) is 0 Å². The average molecular weight is 294 g/mol. The fourth-order valence-electron chi connectivity index (χ4n) is 2.96. The number of carbonyl (C=O) groups is 1. The summed E-state index contributed by atoms with van der Waals surface area (Å²) >= 11 is 0. The lowest BCUT2D eigenvalue weighted by Gasteiger charge is -2.34.